The van der Waals surface area contributed by atoms with Crippen LogP contribution in [0.15, 0.2) is 152 Å². The quantitative estimate of drug-likeness (QED) is 0.0564. The Morgan fingerprint density at radius 2 is 1.04 bits per heavy atom. The minimum Gasteiger partial charge on any atom is -0.209 e. The molecular formula is C44H41BCl6N4. The van der Waals surface area contributed by atoms with E-state index in [1.807, 2.05) is 36.4 Å². The third kappa shape index (κ3) is 11.2. The first kappa shape index (κ1) is 42.5. The lowest BCUT2D eigenvalue weighted by Gasteiger charge is -2.43. The van der Waals surface area contributed by atoms with Gasteiger partial charge in [0.2, 0.25) is 13.1 Å². The molecule has 0 saturated heterocycles. The maximum absolute atomic E-state index is 5.87. The Bertz CT molecular complexity index is 2090. The third-order valence-corrected chi connectivity index (χ3v) is 10.4. The van der Waals surface area contributed by atoms with Crippen molar-refractivity contribution >= 4 is 115 Å². The van der Waals surface area contributed by atoms with Gasteiger partial charge in [0.25, 0.3) is 0 Å². The van der Waals surface area contributed by atoms with Gasteiger partial charge in [0, 0.05) is 12.1 Å². The van der Waals surface area contributed by atoms with Crippen molar-refractivity contribution in [2.45, 2.75) is 47.1 Å². The maximum Gasteiger partial charge on any atom is 0.250 e. The van der Waals surface area contributed by atoms with E-state index in [0.29, 0.717) is 0 Å². The first-order chi connectivity index (χ1) is 26.5. The molecule has 0 N–H and O–H groups in total. The van der Waals surface area contributed by atoms with E-state index < -0.39 is 13.7 Å². The third-order valence-electron chi connectivity index (χ3n) is 9.41. The van der Waals surface area contributed by atoms with Crippen molar-refractivity contribution in [1.82, 2.24) is 15.0 Å². The van der Waals surface area contributed by atoms with E-state index in [-0.39, 0.29) is 17.5 Å². The molecule has 282 valence electrons. The number of aryl methyl sites for hydroxylation is 1. The number of unbranched alkanes of at least 4 members (excludes halogenated alkanes) is 1. The highest BCUT2D eigenvalue weighted by Gasteiger charge is 2.33. The van der Waals surface area contributed by atoms with Crippen molar-refractivity contribution in [3.05, 3.63) is 175 Å². The summed E-state index contributed by atoms with van der Waals surface area (Å²) in [7, 11) is 0. The maximum atomic E-state index is 5.87. The standard InChI is InChI=1S/C22H24B.C22H17Cl6N4/c1-2-3-19-23(20-13-7-4-8-14-20,21-15-9-5-10-16-21)22-17-11-6-12-18-22;1-2-32-14-13-15(16-10-7-8-11-17(16)32)9-5-3-4-6-12-18-29-19(21(23,24)25)31-20(30-18)22(26,27)28/h4-18H,2-3,19H2,1H3;3-14H,2H2,1H3/q-1;+1. The molecule has 6 aromatic rings. The Balaban J connectivity index is 0.000000222. The number of nitrogens with zero attached hydrogens (tertiary/aromatic N) is 4. The van der Waals surface area contributed by atoms with Gasteiger partial charge in [0.15, 0.2) is 23.7 Å². The van der Waals surface area contributed by atoms with Gasteiger partial charge in [0.05, 0.1) is 11.5 Å². The summed E-state index contributed by atoms with van der Waals surface area (Å²) in [6.07, 6.45) is 15.8. The second-order valence-corrected chi connectivity index (χ2v) is 17.5. The predicted molar refractivity (Wildman–Crippen MR) is 239 cm³/mol. The summed E-state index contributed by atoms with van der Waals surface area (Å²) in [5, 5.41) is 1.18. The van der Waals surface area contributed by atoms with Crippen LogP contribution in [0.1, 0.15) is 49.7 Å². The van der Waals surface area contributed by atoms with Gasteiger partial charge in [-0.25, -0.2) is 15.0 Å². The number of fused-ring (bicyclic) bond motifs is 1. The largest absolute Gasteiger partial charge is 0.250 e. The Labute approximate surface area is 354 Å². The number of allylic oxidation sites excluding steroid dienone is 4. The molecule has 2 heterocycles. The molecule has 0 saturated carbocycles. The van der Waals surface area contributed by atoms with E-state index in [9.17, 15) is 0 Å². The van der Waals surface area contributed by atoms with Crippen LogP contribution in [0.3, 0.4) is 0 Å². The minimum absolute atomic E-state index is 0.136. The van der Waals surface area contributed by atoms with E-state index in [0.717, 1.165) is 12.1 Å². The number of hydrogen-bond acceptors (Lipinski definition) is 3. The van der Waals surface area contributed by atoms with Crippen LogP contribution in [0.5, 0.6) is 0 Å². The molecule has 0 aliphatic rings. The predicted octanol–water partition coefficient (Wildman–Crippen LogP) is 11.2. The van der Waals surface area contributed by atoms with Crippen LogP contribution in [0.2, 0.25) is 6.32 Å². The smallest absolute Gasteiger partial charge is 0.209 e. The monoisotopic (exact) mass is 846 g/mol. The highest BCUT2D eigenvalue weighted by atomic mass is 35.6. The molecular weight excluding hydrogens is 808 g/mol. The van der Waals surface area contributed by atoms with Gasteiger partial charge < -0.3 is 0 Å². The average Bonchev–Trinajstić information content (AvgIpc) is 3.20. The molecule has 4 aromatic carbocycles. The summed E-state index contributed by atoms with van der Waals surface area (Å²) in [5.74, 6) is -0.0836. The SMILES string of the molecule is CCCC[B-](c1ccccc1)(c1ccccc1)c1ccccc1.CC[n+]1ccc(C=CC=CC=Cc2nc(C(Cl)(Cl)Cl)nc(C(Cl)(Cl)Cl)n2)c2ccccc21. The fourth-order valence-corrected chi connectivity index (χ4v) is 7.32. The van der Waals surface area contributed by atoms with Crippen molar-refractivity contribution < 1.29 is 4.57 Å². The number of aromatic nitrogens is 4. The first-order valence-electron chi connectivity index (χ1n) is 18.1. The topological polar surface area (TPSA) is 42.5 Å². The second-order valence-electron chi connectivity index (χ2n) is 12.9. The molecule has 0 spiro atoms. The van der Waals surface area contributed by atoms with Gasteiger partial charge >= 0.3 is 0 Å². The molecule has 6 rings (SSSR count). The Morgan fingerprint density at radius 3 is 1.51 bits per heavy atom. The lowest BCUT2D eigenvalue weighted by atomic mass is 9.14. The van der Waals surface area contributed by atoms with Crippen LogP contribution in [-0.2, 0) is 14.1 Å². The van der Waals surface area contributed by atoms with Crippen LogP contribution < -0.4 is 21.0 Å². The number of para-hydroxylation sites is 1. The van der Waals surface area contributed by atoms with Gasteiger partial charge in [-0.1, -0.05) is 223 Å². The van der Waals surface area contributed by atoms with E-state index in [4.69, 9.17) is 69.6 Å². The van der Waals surface area contributed by atoms with Gasteiger partial charge in [-0.3, -0.25) is 0 Å². The molecule has 0 atom stereocenters. The molecule has 0 bridgehead atoms. The van der Waals surface area contributed by atoms with Crippen LogP contribution >= 0.6 is 69.6 Å². The van der Waals surface area contributed by atoms with Crippen LogP contribution in [0.4, 0.5) is 0 Å². The molecule has 0 unspecified atom stereocenters. The van der Waals surface area contributed by atoms with Gasteiger partial charge in [-0.2, -0.15) is 27.3 Å². The highest BCUT2D eigenvalue weighted by Crippen LogP contribution is 2.40. The van der Waals surface area contributed by atoms with Gasteiger partial charge in [0.1, 0.15) is 6.54 Å². The zero-order chi connectivity index (χ0) is 39.3. The summed E-state index contributed by atoms with van der Waals surface area (Å²) in [6.45, 7) is 5.31. The Morgan fingerprint density at radius 1 is 0.564 bits per heavy atom. The lowest BCUT2D eigenvalue weighted by molar-refractivity contribution is -0.667. The van der Waals surface area contributed by atoms with Crippen LogP contribution in [-0.4, -0.2) is 21.1 Å². The molecule has 4 nitrogen and oxygen atoms in total. The number of rotatable bonds is 11. The molecule has 11 heteroatoms. The molecule has 0 aliphatic carbocycles. The molecule has 0 fully saturated rings. The highest BCUT2D eigenvalue weighted by molar-refractivity contribution is 7.11. The number of alkyl halides is 6. The van der Waals surface area contributed by atoms with E-state index in [1.165, 1.54) is 46.5 Å². The number of halogens is 6. The fraction of sp³-hybridized carbons (Fsp3) is 0.182. The summed E-state index contributed by atoms with van der Waals surface area (Å²) in [4.78, 5) is 12.1. The van der Waals surface area contributed by atoms with E-state index in [2.05, 4.69) is 149 Å². The zero-order valence-electron chi connectivity index (χ0n) is 30.6. The number of benzene rings is 4. The van der Waals surface area contributed by atoms with Crippen LogP contribution in [0.25, 0.3) is 23.1 Å². The van der Waals surface area contributed by atoms with Gasteiger partial charge in [-0.15, -0.1) is 0 Å². The molecule has 0 radical (unpaired) electrons. The summed E-state index contributed by atoms with van der Waals surface area (Å²) in [6, 6.07) is 43.5. The fourth-order valence-electron chi connectivity index (χ4n) is 6.81. The molecule has 0 aliphatic heterocycles. The van der Waals surface area contributed by atoms with Crippen molar-refractivity contribution in [2.75, 3.05) is 0 Å². The van der Waals surface area contributed by atoms with Crippen molar-refractivity contribution in [3.63, 3.8) is 0 Å². The summed E-state index contributed by atoms with van der Waals surface area (Å²) >= 11 is 35.2. The van der Waals surface area contributed by atoms with Gasteiger partial charge in [-0.05, 0) is 24.6 Å². The normalized spacial score (nSPS) is 12.4. The first-order valence-corrected chi connectivity index (χ1v) is 20.4. The minimum atomic E-state index is -1.89. The lowest BCUT2D eigenvalue weighted by Crippen LogP contribution is -2.66. The zero-order valence-corrected chi connectivity index (χ0v) is 35.1. The summed E-state index contributed by atoms with van der Waals surface area (Å²) in [5.41, 5.74) is 6.64. The van der Waals surface area contributed by atoms with Crippen molar-refractivity contribution in [3.8, 4) is 0 Å². The van der Waals surface area contributed by atoms with Crippen LogP contribution in [0, 0.1) is 0 Å². The second kappa shape index (κ2) is 20.0. The van der Waals surface area contributed by atoms with Crippen molar-refractivity contribution in [2.24, 2.45) is 0 Å². The Hall–Kier alpha value is -3.68. The Kier molecular flexibility index (Phi) is 15.4. The molecule has 55 heavy (non-hydrogen) atoms. The number of pyridine rings is 1. The molecule has 0 amide bonds. The summed E-state index contributed by atoms with van der Waals surface area (Å²) < 4.78 is -1.57. The number of hydrogen-bond donors (Lipinski definition) is 0. The van der Waals surface area contributed by atoms with E-state index >= 15 is 0 Å². The van der Waals surface area contributed by atoms with Crippen molar-refractivity contribution in [1.29, 1.82) is 0 Å². The average molecular weight is 849 g/mol. The van der Waals surface area contributed by atoms with E-state index in [1.54, 1.807) is 12.2 Å². The molecule has 2 aromatic heterocycles.